The highest BCUT2D eigenvalue weighted by molar-refractivity contribution is 6.07. The van der Waals surface area contributed by atoms with E-state index in [0.29, 0.717) is 36.0 Å². The molecular formula is C22H20N2O5. The molecule has 2 aromatic carbocycles. The summed E-state index contributed by atoms with van der Waals surface area (Å²) in [5.74, 6) is 0.813. The van der Waals surface area contributed by atoms with E-state index in [4.69, 9.17) is 13.9 Å². The normalized spacial score (nSPS) is 13.4. The molecule has 0 bridgehead atoms. The summed E-state index contributed by atoms with van der Waals surface area (Å²) in [6, 6.07) is 15.3. The van der Waals surface area contributed by atoms with E-state index < -0.39 is 5.91 Å². The Balaban J connectivity index is 1.49. The smallest absolute Gasteiger partial charge is 0.291 e. The van der Waals surface area contributed by atoms with E-state index in [1.165, 1.54) is 6.26 Å². The Labute approximate surface area is 167 Å². The lowest BCUT2D eigenvalue weighted by Crippen LogP contribution is -2.28. The average molecular weight is 392 g/mol. The SMILES string of the molecule is C[C@@H](NC(=O)c1ccccc1NC(=O)c1ccco1)c1ccc2c(c1)OCCO2. The van der Waals surface area contributed by atoms with Gasteiger partial charge in [0.15, 0.2) is 17.3 Å². The maximum absolute atomic E-state index is 12.9. The van der Waals surface area contributed by atoms with Gasteiger partial charge in [-0.1, -0.05) is 18.2 Å². The first-order valence-corrected chi connectivity index (χ1v) is 9.26. The predicted molar refractivity (Wildman–Crippen MR) is 106 cm³/mol. The van der Waals surface area contributed by atoms with Crippen LogP contribution in [0.2, 0.25) is 0 Å². The summed E-state index contributed by atoms with van der Waals surface area (Å²) in [7, 11) is 0. The molecule has 0 unspecified atom stereocenters. The Morgan fingerprint density at radius 3 is 2.52 bits per heavy atom. The van der Waals surface area contributed by atoms with Gasteiger partial charge in [0.2, 0.25) is 0 Å². The zero-order valence-electron chi connectivity index (χ0n) is 15.8. The van der Waals surface area contributed by atoms with Crippen molar-refractivity contribution >= 4 is 17.5 Å². The van der Waals surface area contributed by atoms with Gasteiger partial charge >= 0.3 is 0 Å². The summed E-state index contributed by atoms with van der Waals surface area (Å²) in [6.45, 7) is 2.91. The van der Waals surface area contributed by atoms with Crippen LogP contribution in [0.15, 0.2) is 65.3 Å². The Bertz CT molecular complexity index is 1030. The number of nitrogens with one attached hydrogen (secondary N) is 2. The van der Waals surface area contributed by atoms with Gasteiger partial charge in [-0.05, 0) is 48.9 Å². The fraction of sp³-hybridized carbons (Fsp3) is 0.182. The largest absolute Gasteiger partial charge is 0.486 e. The van der Waals surface area contributed by atoms with Crippen molar-refractivity contribution in [3.8, 4) is 11.5 Å². The molecule has 2 heterocycles. The standard InChI is InChI=1S/C22H20N2O5/c1-14(15-8-9-18-20(13-15)29-12-11-28-18)23-21(25)16-5-2-3-6-17(16)24-22(26)19-7-4-10-27-19/h2-10,13-14H,11-12H2,1H3,(H,23,25)(H,24,26)/t14-/m1/s1. The number of rotatable bonds is 5. The molecule has 7 heteroatoms. The molecule has 4 rings (SSSR count). The van der Waals surface area contributed by atoms with Crippen molar-refractivity contribution in [2.75, 3.05) is 18.5 Å². The van der Waals surface area contributed by atoms with E-state index in [0.717, 1.165) is 5.56 Å². The highest BCUT2D eigenvalue weighted by atomic mass is 16.6. The molecule has 0 fully saturated rings. The van der Waals surface area contributed by atoms with Gasteiger partial charge in [0.05, 0.1) is 23.6 Å². The van der Waals surface area contributed by atoms with Crippen LogP contribution in [0.4, 0.5) is 5.69 Å². The van der Waals surface area contributed by atoms with Crippen molar-refractivity contribution in [1.82, 2.24) is 5.32 Å². The third-order valence-corrected chi connectivity index (χ3v) is 4.58. The van der Waals surface area contributed by atoms with Crippen molar-refractivity contribution in [3.05, 3.63) is 77.7 Å². The minimum Gasteiger partial charge on any atom is -0.486 e. The number of furan rings is 1. The Morgan fingerprint density at radius 2 is 1.72 bits per heavy atom. The van der Waals surface area contributed by atoms with Gasteiger partial charge in [-0.2, -0.15) is 0 Å². The van der Waals surface area contributed by atoms with Gasteiger partial charge in [0.25, 0.3) is 11.8 Å². The monoisotopic (exact) mass is 392 g/mol. The number of para-hydroxylation sites is 1. The Kier molecular flexibility index (Phi) is 5.20. The summed E-state index contributed by atoms with van der Waals surface area (Å²) in [6.07, 6.45) is 1.42. The van der Waals surface area contributed by atoms with E-state index in [1.807, 2.05) is 25.1 Å². The van der Waals surface area contributed by atoms with Crippen LogP contribution >= 0.6 is 0 Å². The van der Waals surface area contributed by atoms with E-state index in [2.05, 4.69) is 10.6 Å². The zero-order valence-corrected chi connectivity index (χ0v) is 15.8. The van der Waals surface area contributed by atoms with Crippen molar-refractivity contribution in [3.63, 3.8) is 0 Å². The second-order valence-corrected chi connectivity index (χ2v) is 6.58. The third-order valence-electron chi connectivity index (χ3n) is 4.58. The summed E-state index contributed by atoms with van der Waals surface area (Å²) in [5.41, 5.74) is 1.65. The molecule has 0 aliphatic carbocycles. The molecule has 2 amide bonds. The molecular weight excluding hydrogens is 372 g/mol. The number of anilines is 1. The number of hydrogen-bond donors (Lipinski definition) is 2. The highest BCUT2D eigenvalue weighted by Crippen LogP contribution is 2.32. The molecule has 1 aromatic heterocycles. The number of hydrogen-bond acceptors (Lipinski definition) is 5. The third kappa shape index (κ3) is 4.08. The van der Waals surface area contributed by atoms with Crippen LogP contribution in [-0.2, 0) is 0 Å². The number of fused-ring (bicyclic) bond motifs is 1. The molecule has 0 saturated heterocycles. The number of carbonyl (C=O) groups is 2. The van der Waals surface area contributed by atoms with Crippen molar-refractivity contribution in [2.45, 2.75) is 13.0 Å². The molecule has 3 aromatic rings. The van der Waals surface area contributed by atoms with Crippen molar-refractivity contribution < 1.29 is 23.5 Å². The lowest BCUT2D eigenvalue weighted by Gasteiger charge is -2.21. The number of ether oxygens (including phenoxy) is 2. The molecule has 29 heavy (non-hydrogen) atoms. The van der Waals surface area contributed by atoms with Crippen LogP contribution in [0, 0.1) is 0 Å². The van der Waals surface area contributed by atoms with E-state index in [9.17, 15) is 9.59 Å². The van der Waals surface area contributed by atoms with Gasteiger partial charge in [-0.25, -0.2) is 0 Å². The lowest BCUT2D eigenvalue weighted by atomic mass is 10.1. The van der Waals surface area contributed by atoms with Gasteiger partial charge in [-0.3, -0.25) is 9.59 Å². The molecule has 0 saturated carbocycles. The highest BCUT2D eigenvalue weighted by Gasteiger charge is 2.19. The van der Waals surface area contributed by atoms with Crippen LogP contribution in [0.5, 0.6) is 11.5 Å². The molecule has 2 N–H and O–H groups in total. The van der Waals surface area contributed by atoms with Crippen molar-refractivity contribution in [2.24, 2.45) is 0 Å². The molecule has 7 nitrogen and oxygen atoms in total. The minimum atomic E-state index is -0.421. The molecule has 0 radical (unpaired) electrons. The maximum Gasteiger partial charge on any atom is 0.291 e. The van der Waals surface area contributed by atoms with Gasteiger partial charge < -0.3 is 24.5 Å². The summed E-state index contributed by atoms with van der Waals surface area (Å²) in [4.78, 5) is 25.1. The van der Waals surface area contributed by atoms with Crippen LogP contribution in [0.1, 0.15) is 39.4 Å². The first-order valence-electron chi connectivity index (χ1n) is 9.26. The first kappa shape index (κ1) is 18.6. The summed E-state index contributed by atoms with van der Waals surface area (Å²) in [5, 5.41) is 5.68. The lowest BCUT2D eigenvalue weighted by molar-refractivity contribution is 0.0940. The quantitative estimate of drug-likeness (QED) is 0.689. The second-order valence-electron chi connectivity index (χ2n) is 6.58. The molecule has 0 spiro atoms. The van der Waals surface area contributed by atoms with E-state index >= 15 is 0 Å². The minimum absolute atomic E-state index is 0.171. The van der Waals surface area contributed by atoms with Crippen LogP contribution in [0.25, 0.3) is 0 Å². The number of carbonyl (C=O) groups excluding carboxylic acids is 2. The average Bonchev–Trinajstić information content (AvgIpc) is 3.29. The topological polar surface area (TPSA) is 89.8 Å². The number of amides is 2. The van der Waals surface area contributed by atoms with Gasteiger partial charge in [-0.15, -0.1) is 0 Å². The number of benzene rings is 2. The maximum atomic E-state index is 12.9. The molecule has 148 valence electrons. The van der Waals surface area contributed by atoms with E-state index in [-0.39, 0.29) is 17.7 Å². The van der Waals surface area contributed by atoms with Crippen LogP contribution in [0.3, 0.4) is 0 Å². The van der Waals surface area contributed by atoms with E-state index in [1.54, 1.807) is 36.4 Å². The van der Waals surface area contributed by atoms with Gasteiger partial charge in [0, 0.05) is 0 Å². The predicted octanol–water partition coefficient (Wildman–Crippen LogP) is 3.79. The zero-order chi connectivity index (χ0) is 20.2. The molecule has 1 atom stereocenters. The Hall–Kier alpha value is -3.74. The Morgan fingerprint density at radius 1 is 0.931 bits per heavy atom. The van der Waals surface area contributed by atoms with Crippen LogP contribution < -0.4 is 20.1 Å². The summed E-state index contributed by atoms with van der Waals surface area (Å²) >= 11 is 0. The fourth-order valence-corrected chi connectivity index (χ4v) is 3.07. The first-order chi connectivity index (χ1) is 14.1. The fourth-order valence-electron chi connectivity index (χ4n) is 3.07. The second kappa shape index (κ2) is 8.10. The molecule has 1 aliphatic heterocycles. The van der Waals surface area contributed by atoms with Crippen LogP contribution in [-0.4, -0.2) is 25.0 Å². The van der Waals surface area contributed by atoms with Gasteiger partial charge in [0.1, 0.15) is 13.2 Å². The molecule has 1 aliphatic rings. The van der Waals surface area contributed by atoms with Crippen molar-refractivity contribution in [1.29, 1.82) is 0 Å². The summed E-state index contributed by atoms with van der Waals surface area (Å²) < 4.78 is 16.2.